The summed E-state index contributed by atoms with van der Waals surface area (Å²) in [6.07, 6.45) is 2.98. The lowest BCUT2D eigenvalue weighted by molar-refractivity contribution is -0.384. The second-order valence-electron chi connectivity index (χ2n) is 5.32. The number of nitro benzene ring substituents is 1. The first kappa shape index (κ1) is 14.1. The summed E-state index contributed by atoms with van der Waals surface area (Å²) >= 11 is 6.06. The Morgan fingerprint density at radius 1 is 1.63 bits per heavy atom. The number of halogens is 1. The van der Waals surface area contributed by atoms with E-state index in [2.05, 4.69) is 5.32 Å². The number of hydrogen-bond donors (Lipinski definition) is 2. The standard InChI is InChI=1S/C13H17ClN2O3/c1-13(8-17)6-2-3-12(13)15-11-5-4-9(16(18)19)7-10(11)14/h4-5,7,12,15,17H,2-3,6,8H2,1H3/t12-,13-/m0/s1. The molecule has 0 aliphatic heterocycles. The molecule has 0 amide bonds. The van der Waals surface area contributed by atoms with Crippen LogP contribution < -0.4 is 5.32 Å². The molecular formula is C13H17ClN2O3. The molecule has 1 fully saturated rings. The minimum atomic E-state index is -0.469. The van der Waals surface area contributed by atoms with Gasteiger partial charge in [0.2, 0.25) is 0 Å². The number of nitrogens with one attached hydrogen (secondary N) is 1. The number of aliphatic hydroxyl groups is 1. The predicted molar refractivity (Wildman–Crippen MR) is 74.6 cm³/mol. The Morgan fingerprint density at radius 3 is 2.95 bits per heavy atom. The van der Waals surface area contributed by atoms with E-state index >= 15 is 0 Å². The lowest BCUT2D eigenvalue weighted by atomic mass is 9.85. The molecule has 0 aromatic heterocycles. The molecule has 104 valence electrons. The van der Waals surface area contributed by atoms with Gasteiger partial charge in [0.25, 0.3) is 5.69 Å². The van der Waals surface area contributed by atoms with E-state index < -0.39 is 4.92 Å². The minimum Gasteiger partial charge on any atom is -0.396 e. The SMILES string of the molecule is C[C@@]1(CO)CCC[C@@H]1Nc1ccc([N+](=O)[O-])cc1Cl. The number of anilines is 1. The first-order valence-electron chi connectivity index (χ1n) is 6.27. The average molecular weight is 285 g/mol. The van der Waals surface area contributed by atoms with Crippen LogP contribution in [0.5, 0.6) is 0 Å². The zero-order valence-electron chi connectivity index (χ0n) is 10.7. The zero-order valence-corrected chi connectivity index (χ0v) is 11.5. The van der Waals surface area contributed by atoms with E-state index in [1.54, 1.807) is 6.07 Å². The molecule has 1 saturated carbocycles. The maximum Gasteiger partial charge on any atom is 0.271 e. The van der Waals surface area contributed by atoms with Gasteiger partial charge in [-0.2, -0.15) is 0 Å². The van der Waals surface area contributed by atoms with Crippen LogP contribution in [0, 0.1) is 15.5 Å². The third-order valence-electron chi connectivity index (χ3n) is 3.94. The summed E-state index contributed by atoms with van der Waals surface area (Å²) in [5.41, 5.74) is 0.496. The van der Waals surface area contributed by atoms with E-state index in [0.29, 0.717) is 10.7 Å². The molecule has 1 aromatic rings. The molecule has 5 nitrogen and oxygen atoms in total. The van der Waals surface area contributed by atoms with E-state index in [-0.39, 0.29) is 23.8 Å². The predicted octanol–water partition coefficient (Wildman–Crippen LogP) is 3.21. The molecule has 2 rings (SSSR count). The van der Waals surface area contributed by atoms with Crippen molar-refractivity contribution in [1.29, 1.82) is 0 Å². The van der Waals surface area contributed by atoms with Crippen molar-refractivity contribution < 1.29 is 10.0 Å². The van der Waals surface area contributed by atoms with Gasteiger partial charge >= 0.3 is 0 Å². The Kier molecular flexibility index (Phi) is 3.96. The average Bonchev–Trinajstić information content (AvgIpc) is 2.74. The first-order chi connectivity index (χ1) is 8.96. The van der Waals surface area contributed by atoms with Gasteiger partial charge in [-0.3, -0.25) is 10.1 Å². The van der Waals surface area contributed by atoms with E-state index in [1.165, 1.54) is 12.1 Å². The Hall–Kier alpha value is -1.33. The normalized spacial score (nSPS) is 26.4. The number of rotatable bonds is 4. The first-order valence-corrected chi connectivity index (χ1v) is 6.65. The fourth-order valence-corrected chi connectivity index (χ4v) is 2.82. The van der Waals surface area contributed by atoms with Crippen LogP contribution in [0.1, 0.15) is 26.2 Å². The molecule has 0 spiro atoms. The van der Waals surface area contributed by atoms with Crippen molar-refractivity contribution in [3.63, 3.8) is 0 Å². The number of non-ortho nitro benzene ring substituents is 1. The van der Waals surface area contributed by atoms with Gasteiger partial charge in [-0.05, 0) is 18.9 Å². The van der Waals surface area contributed by atoms with Crippen molar-refractivity contribution in [3.8, 4) is 0 Å². The van der Waals surface area contributed by atoms with E-state index in [0.717, 1.165) is 19.3 Å². The van der Waals surface area contributed by atoms with Gasteiger partial charge in [-0.25, -0.2) is 0 Å². The molecule has 2 atom stereocenters. The third kappa shape index (κ3) is 2.82. The summed E-state index contributed by atoms with van der Waals surface area (Å²) in [4.78, 5) is 10.2. The van der Waals surface area contributed by atoms with Crippen molar-refractivity contribution >= 4 is 23.0 Å². The van der Waals surface area contributed by atoms with Crippen LogP contribution in [0.25, 0.3) is 0 Å². The summed E-state index contributed by atoms with van der Waals surface area (Å²) < 4.78 is 0. The van der Waals surface area contributed by atoms with E-state index in [1.807, 2.05) is 6.92 Å². The van der Waals surface area contributed by atoms with E-state index in [9.17, 15) is 15.2 Å². The smallest absolute Gasteiger partial charge is 0.271 e. The summed E-state index contributed by atoms with van der Waals surface area (Å²) in [5, 5.41) is 23.8. The van der Waals surface area contributed by atoms with Gasteiger partial charge in [-0.15, -0.1) is 0 Å². The largest absolute Gasteiger partial charge is 0.396 e. The van der Waals surface area contributed by atoms with Crippen LogP contribution in [-0.2, 0) is 0 Å². The molecule has 0 saturated heterocycles. The van der Waals surface area contributed by atoms with Crippen molar-refractivity contribution in [2.75, 3.05) is 11.9 Å². The van der Waals surface area contributed by atoms with Gasteiger partial charge in [-0.1, -0.05) is 24.9 Å². The minimum absolute atomic E-state index is 0.0214. The van der Waals surface area contributed by atoms with Gasteiger partial charge in [0, 0.05) is 23.6 Å². The van der Waals surface area contributed by atoms with Crippen LogP contribution >= 0.6 is 11.6 Å². The molecule has 2 N–H and O–H groups in total. The highest BCUT2D eigenvalue weighted by Crippen LogP contribution is 2.40. The van der Waals surface area contributed by atoms with Crippen molar-refractivity contribution in [1.82, 2.24) is 0 Å². The van der Waals surface area contributed by atoms with E-state index in [4.69, 9.17) is 11.6 Å². The van der Waals surface area contributed by atoms with Crippen LogP contribution in [0.2, 0.25) is 5.02 Å². The molecular weight excluding hydrogens is 268 g/mol. The molecule has 0 unspecified atom stereocenters. The number of nitro groups is 1. The topological polar surface area (TPSA) is 75.4 Å². The van der Waals surface area contributed by atoms with Crippen molar-refractivity contribution in [2.24, 2.45) is 5.41 Å². The second-order valence-corrected chi connectivity index (χ2v) is 5.73. The summed E-state index contributed by atoms with van der Waals surface area (Å²) in [6.45, 7) is 2.16. The Balaban J connectivity index is 2.18. The Labute approximate surface area is 116 Å². The Bertz CT molecular complexity index is 495. The molecule has 19 heavy (non-hydrogen) atoms. The maximum atomic E-state index is 10.7. The summed E-state index contributed by atoms with van der Waals surface area (Å²) in [6, 6.07) is 4.53. The lowest BCUT2D eigenvalue weighted by Gasteiger charge is -2.31. The van der Waals surface area contributed by atoms with Crippen LogP contribution in [0.15, 0.2) is 18.2 Å². The second kappa shape index (κ2) is 5.35. The fourth-order valence-electron chi connectivity index (χ4n) is 2.59. The molecule has 1 aliphatic carbocycles. The van der Waals surface area contributed by atoms with Gasteiger partial charge in [0.05, 0.1) is 22.2 Å². The Morgan fingerprint density at radius 2 is 2.37 bits per heavy atom. The number of hydrogen-bond acceptors (Lipinski definition) is 4. The molecule has 0 bridgehead atoms. The maximum absolute atomic E-state index is 10.7. The quantitative estimate of drug-likeness (QED) is 0.657. The number of aliphatic hydroxyl groups excluding tert-OH is 1. The lowest BCUT2D eigenvalue weighted by Crippen LogP contribution is -2.36. The zero-order chi connectivity index (χ0) is 14.0. The highest BCUT2D eigenvalue weighted by molar-refractivity contribution is 6.33. The third-order valence-corrected chi connectivity index (χ3v) is 4.25. The summed E-state index contributed by atoms with van der Waals surface area (Å²) in [7, 11) is 0. The highest BCUT2D eigenvalue weighted by Gasteiger charge is 2.38. The summed E-state index contributed by atoms with van der Waals surface area (Å²) in [5.74, 6) is 0. The van der Waals surface area contributed by atoms with Crippen molar-refractivity contribution in [3.05, 3.63) is 33.3 Å². The molecule has 0 heterocycles. The van der Waals surface area contributed by atoms with Crippen molar-refractivity contribution in [2.45, 2.75) is 32.2 Å². The van der Waals surface area contributed by atoms with Gasteiger partial charge < -0.3 is 10.4 Å². The molecule has 0 radical (unpaired) electrons. The van der Waals surface area contributed by atoms with Crippen LogP contribution in [0.3, 0.4) is 0 Å². The molecule has 6 heteroatoms. The van der Waals surface area contributed by atoms with Crippen LogP contribution in [-0.4, -0.2) is 22.7 Å². The number of nitrogens with zero attached hydrogens (tertiary/aromatic N) is 1. The monoisotopic (exact) mass is 284 g/mol. The molecule has 1 aliphatic rings. The molecule has 1 aromatic carbocycles. The highest BCUT2D eigenvalue weighted by atomic mass is 35.5. The van der Waals surface area contributed by atoms with Gasteiger partial charge in [0.1, 0.15) is 0 Å². The van der Waals surface area contributed by atoms with Gasteiger partial charge in [0.15, 0.2) is 0 Å². The van der Waals surface area contributed by atoms with Crippen LogP contribution in [0.4, 0.5) is 11.4 Å². The number of benzene rings is 1. The fraction of sp³-hybridized carbons (Fsp3) is 0.538.